The predicted molar refractivity (Wildman–Crippen MR) is 212 cm³/mol. The number of allylic oxidation sites excluding steroid dienone is 1. The van der Waals surface area contributed by atoms with E-state index in [9.17, 15) is 18.0 Å². The van der Waals surface area contributed by atoms with Gasteiger partial charge in [0.1, 0.15) is 11.4 Å². The third-order valence-corrected chi connectivity index (χ3v) is 14.1. The Balaban J connectivity index is 1.33. The number of hydrogen-bond donors (Lipinski definition) is 1. The first-order valence-corrected chi connectivity index (χ1v) is 21.3. The van der Waals surface area contributed by atoms with Crippen LogP contribution in [0.3, 0.4) is 0 Å². The van der Waals surface area contributed by atoms with Gasteiger partial charge >= 0.3 is 0 Å². The number of amides is 2. The van der Waals surface area contributed by atoms with Gasteiger partial charge in [0.25, 0.3) is 5.91 Å². The van der Waals surface area contributed by atoms with Crippen LogP contribution < -0.4 is 14.4 Å². The van der Waals surface area contributed by atoms with Crippen molar-refractivity contribution in [3.8, 4) is 5.75 Å². The number of sulfonamides is 1. The number of halogens is 1. The van der Waals surface area contributed by atoms with Crippen LogP contribution in [0.5, 0.6) is 5.75 Å². The Morgan fingerprint density at radius 3 is 2.65 bits per heavy atom. The van der Waals surface area contributed by atoms with E-state index in [0.29, 0.717) is 58.2 Å². The van der Waals surface area contributed by atoms with Crippen molar-refractivity contribution in [3.63, 3.8) is 0 Å². The second-order valence-corrected chi connectivity index (χ2v) is 18.5. The van der Waals surface area contributed by atoms with Gasteiger partial charge in [-0.2, -0.15) is 0 Å². The Morgan fingerprint density at radius 2 is 1.96 bits per heavy atom. The smallest absolute Gasteiger partial charge is 0.264 e. The minimum atomic E-state index is -3.83. The predicted octanol–water partition coefficient (Wildman–Crippen LogP) is 5.45. The lowest BCUT2D eigenvalue weighted by Gasteiger charge is -2.52. The molecule has 0 radical (unpaired) electrons. The number of nitrogens with zero attached hydrogens (tertiary/aromatic N) is 3. The first-order chi connectivity index (χ1) is 25.8. The molecule has 2 amide bonds. The molecule has 1 N–H and O–H groups in total. The summed E-state index contributed by atoms with van der Waals surface area (Å²) in [6, 6.07) is 11.4. The van der Waals surface area contributed by atoms with Crippen molar-refractivity contribution in [1.29, 1.82) is 0 Å². The standard InChI is InChI=1S/C41H57ClN4O7S/c1-6-7-17-41(52-5,27-44-18-19-45(20-21-51-4)38(47)25-44)35-13-10-32(35)24-46-26-40(16-8-9-30-22-33(42)12-14-34(30)40)28-53-37-15-11-31(23-36(37)46)39(48)43-54(49,50)29(2)3/h7,11-12,14-15,17,22-23,29,32,35H,6,8-10,13,16,18-21,24-28H2,1-5H3,(H,43,48)/b17-7+/t32-,35+,40-,41+/m0/s1. The van der Waals surface area contributed by atoms with Crippen molar-refractivity contribution in [2.45, 2.75) is 75.6 Å². The monoisotopic (exact) mass is 784 g/mol. The second kappa shape index (κ2) is 16.9. The van der Waals surface area contributed by atoms with Gasteiger partial charge in [-0.25, -0.2) is 13.1 Å². The highest BCUT2D eigenvalue weighted by Crippen LogP contribution is 2.49. The molecule has 2 aliphatic carbocycles. The van der Waals surface area contributed by atoms with Gasteiger partial charge in [-0.1, -0.05) is 36.7 Å². The summed E-state index contributed by atoms with van der Waals surface area (Å²) in [5.74, 6) is 0.524. The van der Waals surface area contributed by atoms with Crippen LogP contribution >= 0.6 is 11.6 Å². The van der Waals surface area contributed by atoms with Crippen LogP contribution in [0.15, 0.2) is 48.6 Å². The Hall–Kier alpha value is -3.16. The average Bonchev–Trinajstić information content (AvgIpc) is 3.28. The number of carbonyl (C=O) groups excluding carboxylic acids is 2. The molecule has 0 bridgehead atoms. The fraction of sp³-hybridized carbons (Fsp3) is 0.610. The molecule has 2 aromatic rings. The van der Waals surface area contributed by atoms with E-state index in [-0.39, 0.29) is 28.7 Å². The van der Waals surface area contributed by atoms with E-state index in [0.717, 1.165) is 55.8 Å². The van der Waals surface area contributed by atoms with Gasteiger partial charge in [0.15, 0.2) is 0 Å². The lowest BCUT2D eigenvalue weighted by Crippen LogP contribution is -2.60. The molecule has 0 aromatic heterocycles. The average molecular weight is 785 g/mol. The van der Waals surface area contributed by atoms with Gasteiger partial charge in [0.2, 0.25) is 15.9 Å². The molecule has 4 aliphatic rings. The van der Waals surface area contributed by atoms with Gasteiger partial charge in [-0.05, 0) is 106 Å². The van der Waals surface area contributed by atoms with Crippen molar-refractivity contribution < 1.29 is 32.2 Å². The molecule has 2 fully saturated rings. The van der Waals surface area contributed by atoms with E-state index in [1.807, 2.05) is 11.0 Å². The minimum Gasteiger partial charge on any atom is -0.490 e. The minimum absolute atomic E-state index is 0.106. The van der Waals surface area contributed by atoms with E-state index >= 15 is 0 Å². The lowest BCUT2D eigenvalue weighted by molar-refractivity contribution is -0.140. The van der Waals surface area contributed by atoms with Crippen molar-refractivity contribution >= 4 is 39.1 Å². The summed E-state index contributed by atoms with van der Waals surface area (Å²) in [6.45, 7) is 10.5. The number of ether oxygens (including phenoxy) is 3. The number of benzene rings is 2. The van der Waals surface area contributed by atoms with E-state index in [2.05, 4.69) is 45.7 Å². The zero-order valence-corrected chi connectivity index (χ0v) is 34.0. The Morgan fingerprint density at radius 1 is 1.15 bits per heavy atom. The quantitative estimate of drug-likeness (QED) is 0.250. The summed E-state index contributed by atoms with van der Waals surface area (Å²) in [5, 5.41) is -0.0308. The Labute approximate surface area is 326 Å². The van der Waals surface area contributed by atoms with Gasteiger partial charge in [-0.15, -0.1) is 0 Å². The van der Waals surface area contributed by atoms with Gasteiger partial charge in [0, 0.05) is 69.5 Å². The van der Waals surface area contributed by atoms with E-state index in [4.69, 9.17) is 25.8 Å². The van der Waals surface area contributed by atoms with Crippen molar-refractivity contribution in [2.75, 3.05) is 78.1 Å². The molecular formula is C41H57ClN4O7S. The largest absolute Gasteiger partial charge is 0.490 e. The highest BCUT2D eigenvalue weighted by Gasteiger charge is 2.50. The number of hydrogen-bond acceptors (Lipinski definition) is 9. The number of aryl methyl sites for hydroxylation is 1. The molecule has 1 saturated heterocycles. The number of rotatable bonds is 14. The van der Waals surface area contributed by atoms with Gasteiger partial charge in [0.05, 0.1) is 30.7 Å². The number of carbonyl (C=O) groups is 2. The normalized spacial score (nSPS) is 24.5. The Bertz CT molecular complexity index is 1820. The van der Waals surface area contributed by atoms with Gasteiger partial charge in [-0.3, -0.25) is 14.5 Å². The number of nitrogens with one attached hydrogen (secondary N) is 1. The van der Waals surface area contributed by atoms with E-state index in [1.54, 1.807) is 46.3 Å². The molecule has 13 heteroatoms. The van der Waals surface area contributed by atoms with Crippen LogP contribution in [0, 0.1) is 11.8 Å². The number of methoxy groups -OCH3 is 2. The maximum atomic E-state index is 13.4. The number of piperazine rings is 1. The third-order valence-electron chi connectivity index (χ3n) is 12.1. The zero-order valence-electron chi connectivity index (χ0n) is 32.4. The lowest BCUT2D eigenvalue weighted by atomic mass is 9.63. The molecular weight excluding hydrogens is 728 g/mol. The SMILES string of the molecule is CC/C=C/[C@](CN1CCN(CCOC)C(=O)C1)(OC)[C@@H]1CC[C@H]1CN1C[C@@]2(CCCc3cc(Cl)ccc32)COc2ccc(C(=O)NS(=O)(=O)C(C)C)cc21. The van der Waals surface area contributed by atoms with Crippen molar-refractivity contribution in [2.24, 2.45) is 11.8 Å². The molecule has 296 valence electrons. The number of anilines is 1. The van der Waals surface area contributed by atoms with Crippen LogP contribution in [0.25, 0.3) is 0 Å². The topological polar surface area (TPSA) is 118 Å². The highest BCUT2D eigenvalue weighted by atomic mass is 35.5. The fourth-order valence-electron chi connectivity index (χ4n) is 8.85. The first-order valence-electron chi connectivity index (χ1n) is 19.4. The molecule has 1 spiro atoms. The summed E-state index contributed by atoms with van der Waals surface area (Å²) >= 11 is 6.49. The maximum absolute atomic E-state index is 13.4. The summed E-state index contributed by atoms with van der Waals surface area (Å²) < 4.78 is 46.1. The molecule has 2 aromatic carbocycles. The molecule has 4 atom stereocenters. The Kier molecular flexibility index (Phi) is 12.7. The summed E-state index contributed by atoms with van der Waals surface area (Å²) in [7, 11) is -0.386. The van der Waals surface area contributed by atoms with Crippen LogP contribution in [0.1, 0.15) is 74.4 Å². The van der Waals surface area contributed by atoms with Crippen molar-refractivity contribution in [1.82, 2.24) is 14.5 Å². The number of fused-ring (bicyclic) bond motifs is 3. The summed E-state index contributed by atoms with van der Waals surface area (Å²) in [5.41, 5.74) is 2.60. The maximum Gasteiger partial charge on any atom is 0.264 e. The second-order valence-electron chi connectivity index (χ2n) is 15.8. The van der Waals surface area contributed by atoms with Crippen LogP contribution in [-0.4, -0.2) is 114 Å². The molecule has 1 saturated carbocycles. The molecule has 0 unspecified atom stereocenters. The molecule has 2 aliphatic heterocycles. The highest BCUT2D eigenvalue weighted by molar-refractivity contribution is 7.90. The van der Waals surface area contributed by atoms with Crippen LogP contribution in [-0.2, 0) is 36.1 Å². The summed E-state index contributed by atoms with van der Waals surface area (Å²) in [6.07, 6.45) is 10.1. The van der Waals surface area contributed by atoms with E-state index < -0.39 is 26.8 Å². The molecule has 11 nitrogen and oxygen atoms in total. The van der Waals surface area contributed by atoms with Crippen LogP contribution in [0.4, 0.5) is 5.69 Å². The molecule has 6 rings (SSSR count). The zero-order chi connectivity index (χ0) is 38.7. The molecule has 2 heterocycles. The fourth-order valence-corrected chi connectivity index (χ4v) is 9.66. The molecule has 54 heavy (non-hydrogen) atoms. The third kappa shape index (κ3) is 8.48. The van der Waals surface area contributed by atoms with E-state index in [1.165, 1.54) is 11.1 Å². The summed E-state index contributed by atoms with van der Waals surface area (Å²) in [4.78, 5) is 33.0. The first kappa shape index (κ1) is 40.5. The van der Waals surface area contributed by atoms with Gasteiger partial charge < -0.3 is 24.0 Å². The van der Waals surface area contributed by atoms with Crippen molar-refractivity contribution in [3.05, 3.63) is 70.3 Å². The van der Waals surface area contributed by atoms with Crippen LogP contribution in [0.2, 0.25) is 5.02 Å².